The molecule has 4 nitrogen and oxygen atoms in total. The quantitative estimate of drug-likeness (QED) is 0.545. The van der Waals surface area contributed by atoms with Gasteiger partial charge in [-0.3, -0.25) is 9.93 Å². The maximum atomic E-state index is 10.7. The smallest absolute Gasteiger partial charge is 0.270 e. The van der Waals surface area contributed by atoms with Crippen LogP contribution in [0.25, 0.3) is 0 Å². The second kappa shape index (κ2) is 4.74. The normalized spacial score (nSPS) is 12.1. The van der Waals surface area contributed by atoms with Crippen molar-refractivity contribution in [2.24, 2.45) is 10.9 Å². The lowest BCUT2D eigenvalue weighted by Gasteiger charge is -2.12. The Labute approximate surface area is 80.4 Å². The molecule has 0 aliphatic heterocycles. The number of rotatable bonds is 4. The summed E-state index contributed by atoms with van der Waals surface area (Å²) < 4.78 is 5.19. The molecular weight excluding hydrogens is 188 g/mol. The van der Waals surface area contributed by atoms with E-state index in [4.69, 9.17) is 15.6 Å². The van der Waals surface area contributed by atoms with Crippen molar-refractivity contribution in [3.8, 4) is 5.75 Å². The second-order valence-electron chi connectivity index (χ2n) is 2.30. The number of ether oxygens (including phenoxy) is 1. The highest BCUT2D eigenvalue weighted by atomic mass is 32.2. The van der Waals surface area contributed by atoms with Crippen molar-refractivity contribution in [3.63, 3.8) is 0 Å². The molecule has 1 atom stereocenters. The minimum Gasteiger partial charge on any atom is -0.469 e. The van der Waals surface area contributed by atoms with Crippen LogP contribution >= 0.6 is 11.9 Å². The van der Waals surface area contributed by atoms with Gasteiger partial charge in [0.1, 0.15) is 5.75 Å². The minimum absolute atomic E-state index is 0.573. The molecule has 0 aliphatic carbocycles. The first kappa shape index (κ1) is 9.88. The number of hydrogen-bond acceptors (Lipinski definition) is 4. The third kappa shape index (κ3) is 2.96. The van der Waals surface area contributed by atoms with Gasteiger partial charge in [-0.1, -0.05) is 18.2 Å². The molecule has 0 heterocycles. The van der Waals surface area contributed by atoms with Crippen molar-refractivity contribution in [3.05, 3.63) is 30.3 Å². The molecule has 5 heteroatoms. The van der Waals surface area contributed by atoms with Crippen molar-refractivity contribution in [2.45, 2.75) is 5.44 Å². The van der Waals surface area contributed by atoms with Gasteiger partial charge in [0.2, 0.25) is 5.44 Å². The first-order chi connectivity index (χ1) is 6.24. The number of primary amides is 1. The van der Waals surface area contributed by atoms with E-state index in [2.05, 4.69) is 0 Å². The minimum atomic E-state index is -0.831. The fraction of sp³-hybridized carbons (Fsp3) is 0.125. The number of carbonyl (C=O) groups is 1. The van der Waals surface area contributed by atoms with E-state index in [1.165, 1.54) is 0 Å². The van der Waals surface area contributed by atoms with Crippen LogP contribution in [0.2, 0.25) is 0 Å². The molecule has 1 rings (SSSR count). The van der Waals surface area contributed by atoms with Crippen molar-refractivity contribution < 1.29 is 9.53 Å². The fourth-order valence-corrected chi connectivity index (χ4v) is 1.08. The molecule has 1 amide bonds. The van der Waals surface area contributed by atoms with Gasteiger partial charge in [-0.2, -0.15) is 0 Å². The summed E-state index contributed by atoms with van der Waals surface area (Å²) in [5, 5.41) is 5.21. The fourth-order valence-electron chi connectivity index (χ4n) is 0.776. The van der Waals surface area contributed by atoms with E-state index in [0.717, 1.165) is 11.9 Å². The third-order valence-corrected chi connectivity index (χ3v) is 1.92. The number of benzene rings is 1. The van der Waals surface area contributed by atoms with Crippen LogP contribution in [0, 0.1) is 0 Å². The van der Waals surface area contributed by atoms with E-state index in [-0.39, 0.29) is 0 Å². The van der Waals surface area contributed by atoms with E-state index in [9.17, 15) is 4.79 Å². The average Bonchev–Trinajstić information content (AvgIpc) is 2.15. The molecule has 4 N–H and O–H groups in total. The van der Waals surface area contributed by atoms with Gasteiger partial charge in [0.25, 0.3) is 5.91 Å². The molecule has 0 spiro atoms. The number of nitrogens with two attached hydrogens (primary N) is 2. The molecule has 0 saturated carbocycles. The van der Waals surface area contributed by atoms with Crippen molar-refractivity contribution in [1.29, 1.82) is 0 Å². The predicted octanol–water partition coefficient (Wildman–Crippen LogP) is 0.484. The van der Waals surface area contributed by atoms with Gasteiger partial charge in [0.15, 0.2) is 0 Å². The number of carbonyl (C=O) groups excluding carboxylic acids is 1. The zero-order valence-corrected chi connectivity index (χ0v) is 7.66. The van der Waals surface area contributed by atoms with Crippen LogP contribution < -0.4 is 15.6 Å². The number of amides is 1. The lowest BCUT2D eigenvalue weighted by atomic mass is 10.3. The largest absolute Gasteiger partial charge is 0.469 e. The molecule has 1 aromatic rings. The molecule has 13 heavy (non-hydrogen) atoms. The molecule has 1 unspecified atom stereocenters. The van der Waals surface area contributed by atoms with Gasteiger partial charge >= 0.3 is 0 Å². The van der Waals surface area contributed by atoms with Crippen LogP contribution in [0.5, 0.6) is 5.75 Å². The van der Waals surface area contributed by atoms with Crippen LogP contribution in [-0.4, -0.2) is 11.3 Å². The monoisotopic (exact) mass is 198 g/mol. The van der Waals surface area contributed by atoms with Crippen molar-refractivity contribution >= 4 is 17.9 Å². The third-order valence-electron chi connectivity index (χ3n) is 1.34. The maximum Gasteiger partial charge on any atom is 0.270 e. The standard InChI is InChI=1S/C8H10N2O2S/c9-7(11)8(13-10)12-6-4-2-1-3-5-6/h1-5,8H,10H2,(H2,9,11). The van der Waals surface area contributed by atoms with Gasteiger partial charge in [-0.05, 0) is 24.1 Å². The summed E-state index contributed by atoms with van der Waals surface area (Å²) in [6.45, 7) is 0. The van der Waals surface area contributed by atoms with Crippen LogP contribution in [0.4, 0.5) is 0 Å². The summed E-state index contributed by atoms with van der Waals surface area (Å²) in [7, 11) is 0. The van der Waals surface area contributed by atoms with Crippen LogP contribution in [-0.2, 0) is 4.79 Å². The summed E-state index contributed by atoms with van der Waals surface area (Å²) in [5.41, 5.74) is 4.20. The molecule has 0 radical (unpaired) electrons. The van der Waals surface area contributed by atoms with Crippen molar-refractivity contribution in [1.82, 2.24) is 0 Å². The summed E-state index contributed by atoms with van der Waals surface area (Å²) >= 11 is 0.776. The Morgan fingerprint density at radius 3 is 2.46 bits per heavy atom. The van der Waals surface area contributed by atoms with E-state index in [1.54, 1.807) is 24.3 Å². The molecule has 0 saturated heterocycles. The Morgan fingerprint density at radius 2 is 2.00 bits per heavy atom. The Morgan fingerprint density at radius 1 is 1.38 bits per heavy atom. The van der Waals surface area contributed by atoms with Gasteiger partial charge < -0.3 is 10.5 Å². The Balaban J connectivity index is 2.62. The van der Waals surface area contributed by atoms with E-state index in [1.807, 2.05) is 6.07 Å². The topological polar surface area (TPSA) is 78.3 Å². The average molecular weight is 198 g/mol. The first-order valence-electron chi connectivity index (χ1n) is 3.60. The van der Waals surface area contributed by atoms with E-state index < -0.39 is 11.3 Å². The Kier molecular flexibility index (Phi) is 3.60. The molecule has 1 aromatic carbocycles. The van der Waals surface area contributed by atoms with Gasteiger partial charge in [0.05, 0.1) is 0 Å². The molecular formula is C8H10N2O2S. The highest BCUT2D eigenvalue weighted by Gasteiger charge is 2.15. The second-order valence-corrected chi connectivity index (χ2v) is 3.00. The summed E-state index contributed by atoms with van der Waals surface area (Å²) in [6.07, 6.45) is 0. The predicted molar refractivity (Wildman–Crippen MR) is 51.8 cm³/mol. The van der Waals surface area contributed by atoms with Crippen LogP contribution in [0.15, 0.2) is 30.3 Å². The molecule has 0 aliphatic rings. The summed E-state index contributed by atoms with van der Waals surface area (Å²) in [5.74, 6) is -0.0133. The molecule has 0 bridgehead atoms. The van der Waals surface area contributed by atoms with Gasteiger partial charge in [-0.25, -0.2) is 0 Å². The van der Waals surface area contributed by atoms with Crippen LogP contribution in [0.3, 0.4) is 0 Å². The van der Waals surface area contributed by atoms with Gasteiger partial charge in [0, 0.05) is 0 Å². The zero-order chi connectivity index (χ0) is 9.68. The van der Waals surface area contributed by atoms with E-state index >= 15 is 0 Å². The van der Waals surface area contributed by atoms with E-state index in [0.29, 0.717) is 5.75 Å². The SMILES string of the molecule is NSC(Oc1ccccc1)C(N)=O. The zero-order valence-electron chi connectivity index (χ0n) is 6.84. The molecule has 0 fully saturated rings. The highest BCUT2D eigenvalue weighted by molar-refractivity contribution is 7.98. The Hall–Kier alpha value is -1.20. The molecule has 0 aromatic heterocycles. The van der Waals surface area contributed by atoms with Crippen LogP contribution in [0.1, 0.15) is 0 Å². The Bertz CT molecular complexity index is 279. The summed E-state index contributed by atoms with van der Waals surface area (Å²) in [6, 6.07) is 8.91. The number of hydrogen-bond donors (Lipinski definition) is 2. The lowest BCUT2D eigenvalue weighted by molar-refractivity contribution is -0.121. The first-order valence-corrected chi connectivity index (χ1v) is 4.55. The maximum absolute atomic E-state index is 10.7. The molecule has 70 valence electrons. The highest BCUT2D eigenvalue weighted by Crippen LogP contribution is 2.14. The summed E-state index contributed by atoms with van der Waals surface area (Å²) in [4.78, 5) is 10.7. The lowest BCUT2D eigenvalue weighted by Crippen LogP contribution is -2.32. The van der Waals surface area contributed by atoms with Gasteiger partial charge in [-0.15, -0.1) is 0 Å². The number of para-hydroxylation sites is 1. The van der Waals surface area contributed by atoms with Crippen molar-refractivity contribution in [2.75, 3.05) is 0 Å².